The molecule has 5 nitrogen and oxygen atoms in total. The number of rotatable bonds is 6. The fourth-order valence-corrected chi connectivity index (χ4v) is 2.42. The van der Waals surface area contributed by atoms with Gasteiger partial charge in [-0.05, 0) is 32.0 Å². The lowest BCUT2D eigenvalue weighted by Crippen LogP contribution is -2.22. The van der Waals surface area contributed by atoms with E-state index in [1.165, 1.54) is 12.1 Å². The van der Waals surface area contributed by atoms with E-state index in [0.717, 1.165) is 0 Å². The lowest BCUT2D eigenvalue weighted by atomic mass is 10.2. The molecule has 0 saturated heterocycles. The molecule has 0 saturated carbocycles. The Morgan fingerprint density at radius 3 is 2.58 bits per heavy atom. The predicted molar refractivity (Wildman–Crippen MR) is 75.5 cm³/mol. The Labute approximate surface area is 120 Å². The second-order valence-electron chi connectivity index (χ2n) is 4.21. The predicted octanol–water partition coefficient (Wildman–Crippen LogP) is 2.35. The minimum atomic E-state index is -3.20. The maximum absolute atomic E-state index is 11.6. The number of halogens is 1. The highest BCUT2D eigenvalue weighted by atomic mass is 79.9. The zero-order valence-electron chi connectivity index (χ0n) is 10.6. The van der Waals surface area contributed by atoms with Gasteiger partial charge in [-0.25, -0.2) is 13.2 Å². The molecular weight excluding hydrogens is 336 g/mol. The van der Waals surface area contributed by atoms with Crippen LogP contribution in [0.25, 0.3) is 0 Å². The molecule has 19 heavy (non-hydrogen) atoms. The van der Waals surface area contributed by atoms with Crippen LogP contribution in [0.1, 0.15) is 24.2 Å². The average molecular weight is 351 g/mol. The summed E-state index contributed by atoms with van der Waals surface area (Å²) in [4.78, 5) is 11.0. The first-order valence-electron chi connectivity index (χ1n) is 5.61. The molecule has 7 heteroatoms. The number of aromatic carboxylic acids is 1. The highest BCUT2D eigenvalue weighted by Gasteiger charge is 2.17. The van der Waals surface area contributed by atoms with E-state index in [1.807, 2.05) is 0 Å². The molecule has 1 aromatic rings. The van der Waals surface area contributed by atoms with E-state index in [9.17, 15) is 13.2 Å². The van der Waals surface area contributed by atoms with Crippen molar-refractivity contribution >= 4 is 31.7 Å². The highest BCUT2D eigenvalue weighted by Crippen LogP contribution is 2.24. The van der Waals surface area contributed by atoms with E-state index < -0.39 is 21.1 Å². The Bertz CT molecular complexity index is 565. The summed E-state index contributed by atoms with van der Waals surface area (Å²) in [6.07, 6.45) is 0. The normalized spacial score (nSPS) is 11.6. The standard InChI is InChI=1S/C12H15BrO5S/c1-8(2)19(16,17)6-5-18-11-7-9(13)3-4-10(11)12(14)15/h3-4,7-8H,5-6H2,1-2H3,(H,14,15). The van der Waals surface area contributed by atoms with Gasteiger partial charge in [-0.1, -0.05) is 15.9 Å². The number of carboxylic acid groups (broad SMARTS) is 1. The molecule has 1 rings (SSSR count). The molecule has 0 bridgehead atoms. The van der Waals surface area contributed by atoms with Crippen molar-refractivity contribution in [2.45, 2.75) is 19.1 Å². The van der Waals surface area contributed by atoms with Crippen molar-refractivity contribution < 1.29 is 23.1 Å². The van der Waals surface area contributed by atoms with Gasteiger partial charge >= 0.3 is 5.97 Å². The van der Waals surface area contributed by atoms with Crippen LogP contribution in [0.3, 0.4) is 0 Å². The van der Waals surface area contributed by atoms with Gasteiger partial charge in [-0.15, -0.1) is 0 Å². The first-order chi connectivity index (χ1) is 8.74. The van der Waals surface area contributed by atoms with Crippen LogP contribution < -0.4 is 4.74 Å². The first-order valence-corrected chi connectivity index (χ1v) is 8.12. The smallest absolute Gasteiger partial charge is 0.339 e. The largest absolute Gasteiger partial charge is 0.492 e. The van der Waals surface area contributed by atoms with Crippen molar-refractivity contribution in [3.8, 4) is 5.75 Å². The van der Waals surface area contributed by atoms with Crippen molar-refractivity contribution in [2.24, 2.45) is 0 Å². The molecule has 0 aliphatic heterocycles. The SMILES string of the molecule is CC(C)S(=O)(=O)CCOc1cc(Br)ccc1C(=O)O. The zero-order chi connectivity index (χ0) is 14.6. The van der Waals surface area contributed by atoms with Crippen molar-refractivity contribution in [2.75, 3.05) is 12.4 Å². The topological polar surface area (TPSA) is 80.7 Å². The van der Waals surface area contributed by atoms with Gasteiger partial charge in [0, 0.05) is 4.47 Å². The van der Waals surface area contributed by atoms with Gasteiger partial charge in [-0.3, -0.25) is 0 Å². The van der Waals surface area contributed by atoms with Gasteiger partial charge in [0.05, 0.1) is 11.0 Å². The van der Waals surface area contributed by atoms with E-state index in [4.69, 9.17) is 9.84 Å². The summed E-state index contributed by atoms with van der Waals surface area (Å²) in [5.74, 6) is -1.11. The minimum Gasteiger partial charge on any atom is -0.492 e. The Morgan fingerprint density at radius 2 is 2.05 bits per heavy atom. The molecule has 0 aromatic heterocycles. The number of benzene rings is 1. The Hall–Kier alpha value is -1.08. The van der Waals surface area contributed by atoms with E-state index in [-0.39, 0.29) is 23.7 Å². The van der Waals surface area contributed by atoms with Gasteiger partial charge in [0.2, 0.25) is 0 Å². The Kier molecular flexibility index (Phi) is 5.37. The molecule has 0 spiro atoms. The summed E-state index contributed by atoms with van der Waals surface area (Å²) in [6.45, 7) is 3.12. The van der Waals surface area contributed by atoms with E-state index in [2.05, 4.69) is 15.9 Å². The lowest BCUT2D eigenvalue weighted by molar-refractivity contribution is 0.0692. The van der Waals surface area contributed by atoms with Crippen molar-refractivity contribution in [3.63, 3.8) is 0 Å². The fourth-order valence-electron chi connectivity index (χ4n) is 1.30. The Balaban J connectivity index is 2.78. The molecule has 1 aromatic carbocycles. The summed E-state index contributed by atoms with van der Waals surface area (Å²) in [5.41, 5.74) is 0.00476. The van der Waals surface area contributed by atoms with Crippen molar-refractivity contribution in [1.29, 1.82) is 0 Å². The summed E-state index contributed by atoms with van der Waals surface area (Å²) in [6, 6.07) is 4.49. The van der Waals surface area contributed by atoms with Crippen LogP contribution >= 0.6 is 15.9 Å². The highest BCUT2D eigenvalue weighted by molar-refractivity contribution is 9.10. The maximum Gasteiger partial charge on any atom is 0.339 e. The molecule has 0 aliphatic carbocycles. The Morgan fingerprint density at radius 1 is 1.42 bits per heavy atom. The number of hydrogen-bond acceptors (Lipinski definition) is 4. The fraction of sp³-hybridized carbons (Fsp3) is 0.417. The number of sulfone groups is 1. The maximum atomic E-state index is 11.6. The second kappa shape index (κ2) is 6.38. The third kappa shape index (κ3) is 4.50. The van der Waals surface area contributed by atoms with Gasteiger partial charge < -0.3 is 9.84 Å². The van der Waals surface area contributed by atoms with Crippen LogP contribution in [0.5, 0.6) is 5.75 Å². The van der Waals surface area contributed by atoms with Crippen LogP contribution in [0.15, 0.2) is 22.7 Å². The first kappa shape index (κ1) is 16.0. The van der Waals surface area contributed by atoms with Crippen LogP contribution in [-0.4, -0.2) is 37.1 Å². The van der Waals surface area contributed by atoms with E-state index in [0.29, 0.717) is 4.47 Å². The van der Waals surface area contributed by atoms with Crippen molar-refractivity contribution in [1.82, 2.24) is 0 Å². The van der Waals surface area contributed by atoms with E-state index >= 15 is 0 Å². The summed E-state index contributed by atoms with van der Waals surface area (Å²) in [7, 11) is -3.20. The van der Waals surface area contributed by atoms with Crippen LogP contribution in [0.4, 0.5) is 0 Å². The summed E-state index contributed by atoms with van der Waals surface area (Å²) < 4.78 is 29.1. The number of carbonyl (C=O) groups is 1. The molecule has 106 valence electrons. The third-order valence-corrected chi connectivity index (χ3v) is 5.18. The van der Waals surface area contributed by atoms with Crippen LogP contribution in [0.2, 0.25) is 0 Å². The van der Waals surface area contributed by atoms with Crippen LogP contribution in [-0.2, 0) is 9.84 Å². The van der Waals surface area contributed by atoms with Crippen LogP contribution in [0, 0.1) is 0 Å². The molecule has 1 N–H and O–H groups in total. The molecule has 0 amide bonds. The van der Waals surface area contributed by atoms with Gasteiger partial charge in [-0.2, -0.15) is 0 Å². The minimum absolute atomic E-state index is 0.00476. The molecule has 0 unspecified atom stereocenters. The zero-order valence-corrected chi connectivity index (χ0v) is 13.0. The molecule has 0 aliphatic rings. The average Bonchev–Trinajstić information content (AvgIpc) is 2.28. The number of hydrogen-bond donors (Lipinski definition) is 1. The quantitative estimate of drug-likeness (QED) is 0.851. The number of carboxylic acids is 1. The molecule has 0 atom stereocenters. The van der Waals surface area contributed by atoms with Crippen molar-refractivity contribution in [3.05, 3.63) is 28.2 Å². The summed E-state index contributed by atoms with van der Waals surface area (Å²) in [5, 5.41) is 8.52. The molecule has 0 fully saturated rings. The lowest BCUT2D eigenvalue weighted by Gasteiger charge is -2.11. The molecular formula is C12H15BrO5S. The monoisotopic (exact) mass is 350 g/mol. The molecule has 0 heterocycles. The van der Waals surface area contributed by atoms with Gasteiger partial charge in [0.1, 0.15) is 17.9 Å². The molecule has 0 radical (unpaired) electrons. The summed E-state index contributed by atoms with van der Waals surface area (Å²) >= 11 is 3.21. The van der Waals surface area contributed by atoms with E-state index in [1.54, 1.807) is 19.9 Å². The number of ether oxygens (including phenoxy) is 1. The van der Waals surface area contributed by atoms with Gasteiger partial charge in [0.25, 0.3) is 0 Å². The third-order valence-electron chi connectivity index (χ3n) is 2.52. The second-order valence-corrected chi connectivity index (χ2v) is 7.80. The van der Waals surface area contributed by atoms with Gasteiger partial charge in [0.15, 0.2) is 9.84 Å².